The van der Waals surface area contributed by atoms with Crippen LogP contribution >= 0.6 is 0 Å². The second-order valence-corrected chi connectivity index (χ2v) is 8.74. The molecule has 0 atom stereocenters. The van der Waals surface area contributed by atoms with Crippen molar-refractivity contribution in [1.29, 1.82) is 0 Å². The molecule has 1 aromatic carbocycles. The zero-order valence-corrected chi connectivity index (χ0v) is 16.8. The van der Waals surface area contributed by atoms with Gasteiger partial charge in [-0.1, -0.05) is 31.0 Å². The average molecular weight is 398 g/mol. The standard InChI is InChI=1S/C18H28N4O4S/c1-3-4-9-19-18(24)20-17(23)14-21-10-12-22(13-11-21)27(25,26)16-7-5-15(2)6-8-16/h5-8H,3-4,9-14H2,1-2H3,(H2,19,20,23,24)/p+1. The maximum absolute atomic E-state index is 12.7. The summed E-state index contributed by atoms with van der Waals surface area (Å²) in [7, 11) is -3.51. The predicted molar refractivity (Wildman–Crippen MR) is 102 cm³/mol. The molecule has 1 heterocycles. The average Bonchev–Trinajstić information content (AvgIpc) is 2.62. The van der Waals surface area contributed by atoms with Gasteiger partial charge in [0.05, 0.1) is 31.1 Å². The van der Waals surface area contributed by atoms with Gasteiger partial charge in [-0.15, -0.1) is 0 Å². The number of nitrogens with zero attached hydrogens (tertiary/aromatic N) is 1. The lowest BCUT2D eigenvalue weighted by Gasteiger charge is -2.31. The van der Waals surface area contributed by atoms with Crippen molar-refractivity contribution in [2.45, 2.75) is 31.6 Å². The number of carbonyl (C=O) groups excluding carboxylic acids is 2. The molecular weight excluding hydrogens is 368 g/mol. The van der Waals surface area contributed by atoms with Crippen LogP contribution in [0.2, 0.25) is 0 Å². The Labute approximate surface area is 161 Å². The van der Waals surface area contributed by atoms with Crippen LogP contribution in [0.1, 0.15) is 25.3 Å². The number of rotatable bonds is 7. The maximum Gasteiger partial charge on any atom is 0.321 e. The molecule has 1 fully saturated rings. The highest BCUT2D eigenvalue weighted by atomic mass is 32.2. The van der Waals surface area contributed by atoms with Crippen LogP contribution in [0.5, 0.6) is 0 Å². The van der Waals surface area contributed by atoms with E-state index in [4.69, 9.17) is 0 Å². The molecule has 1 aliphatic rings. The SMILES string of the molecule is CCCCNC(=O)NC(=O)C[NH+]1CCN(S(=O)(=O)c2ccc(C)cc2)CC1. The van der Waals surface area contributed by atoms with Gasteiger partial charge in [0.2, 0.25) is 10.0 Å². The third-order valence-electron chi connectivity index (χ3n) is 4.57. The van der Waals surface area contributed by atoms with E-state index < -0.39 is 16.1 Å². The van der Waals surface area contributed by atoms with Crippen molar-refractivity contribution in [3.05, 3.63) is 29.8 Å². The highest BCUT2D eigenvalue weighted by molar-refractivity contribution is 7.89. The second-order valence-electron chi connectivity index (χ2n) is 6.80. The highest BCUT2D eigenvalue weighted by Gasteiger charge is 2.31. The van der Waals surface area contributed by atoms with Gasteiger partial charge >= 0.3 is 6.03 Å². The fraction of sp³-hybridized carbons (Fsp3) is 0.556. The van der Waals surface area contributed by atoms with Gasteiger partial charge in [0.25, 0.3) is 5.91 Å². The molecule has 0 spiro atoms. The first-order chi connectivity index (χ1) is 12.8. The number of quaternary nitrogens is 1. The summed E-state index contributed by atoms with van der Waals surface area (Å²) in [6.07, 6.45) is 1.83. The lowest BCUT2D eigenvalue weighted by Crippen LogP contribution is -3.15. The fourth-order valence-corrected chi connectivity index (χ4v) is 4.34. The number of benzene rings is 1. The van der Waals surface area contributed by atoms with E-state index in [1.54, 1.807) is 24.3 Å². The number of urea groups is 1. The largest absolute Gasteiger partial charge is 0.338 e. The molecule has 0 radical (unpaired) electrons. The molecular formula is C18H29N4O4S+. The van der Waals surface area contributed by atoms with E-state index in [0.29, 0.717) is 32.7 Å². The molecule has 1 saturated heterocycles. The van der Waals surface area contributed by atoms with Crippen molar-refractivity contribution in [3.8, 4) is 0 Å². The van der Waals surface area contributed by atoms with Crippen molar-refractivity contribution < 1.29 is 22.9 Å². The molecule has 2 rings (SSSR count). The molecule has 0 aliphatic carbocycles. The minimum atomic E-state index is -3.51. The number of sulfonamides is 1. The fourth-order valence-electron chi connectivity index (χ4n) is 2.90. The summed E-state index contributed by atoms with van der Waals surface area (Å²) in [6, 6.07) is 6.32. The number of amides is 3. The first-order valence-electron chi connectivity index (χ1n) is 9.31. The van der Waals surface area contributed by atoms with Gasteiger partial charge in [0, 0.05) is 6.54 Å². The van der Waals surface area contributed by atoms with Gasteiger partial charge in [-0.05, 0) is 25.5 Å². The Balaban J connectivity index is 1.80. The van der Waals surface area contributed by atoms with Crippen LogP contribution in [0.4, 0.5) is 4.79 Å². The van der Waals surface area contributed by atoms with Gasteiger partial charge < -0.3 is 10.2 Å². The number of piperazine rings is 1. The van der Waals surface area contributed by atoms with E-state index in [9.17, 15) is 18.0 Å². The van der Waals surface area contributed by atoms with Crippen LogP contribution in [0, 0.1) is 6.92 Å². The van der Waals surface area contributed by atoms with Gasteiger partial charge in [-0.25, -0.2) is 13.2 Å². The lowest BCUT2D eigenvalue weighted by atomic mass is 10.2. The molecule has 3 amide bonds. The number of nitrogens with one attached hydrogen (secondary N) is 3. The number of hydrogen-bond acceptors (Lipinski definition) is 4. The van der Waals surface area contributed by atoms with Crippen LogP contribution < -0.4 is 15.5 Å². The molecule has 1 aromatic rings. The van der Waals surface area contributed by atoms with Gasteiger partial charge in [0.1, 0.15) is 0 Å². The topological polar surface area (TPSA) is 100 Å². The monoisotopic (exact) mass is 397 g/mol. The van der Waals surface area contributed by atoms with E-state index in [-0.39, 0.29) is 17.3 Å². The Morgan fingerprint density at radius 2 is 1.78 bits per heavy atom. The number of hydrogen-bond donors (Lipinski definition) is 3. The quantitative estimate of drug-likeness (QED) is 0.541. The van der Waals surface area contributed by atoms with E-state index >= 15 is 0 Å². The Morgan fingerprint density at radius 3 is 2.37 bits per heavy atom. The molecule has 1 aliphatic heterocycles. The first kappa shape index (κ1) is 21.3. The molecule has 0 saturated carbocycles. The number of imide groups is 1. The maximum atomic E-state index is 12.7. The minimum absolute atomic E-state index is 0.152. The molecule has 9 heteroatoms. The van der Waals surface area contributed by atoms with Gasteiger partial charge in [-0.2, -0.15) is 4.31 Å². The summed E-state index contributed by atoms with van der Waals surface area (Å²) in [5.74, 6) is -0.353. The Morgan fingerprint density at radius 1 is 1.15 bits per heavy atom. The second kappa shape index (κ2) is 9.82. The minimum Gasteiger partial charge on any atom is -0.338 e. The zero-order valence-electron chi connectivity index (χ0n) is 16.0. The summed E-state index contributed by atoms with van der Waals surface area (Å²) in [6.45, 7) is 6.37. The van der Waals surface area contributed by atoms with Gasteiger partial charge in [0.15, 0.2) is 6.54 Å². The molecule has 3 N–H and O–H groups in total. The summed E-state index contributed by atoms with van der Waals surface area (Å²) >= 11 is 0. The van der Waals surface area contributed by atoms with E-state index in [1.165, 1.54) is 4.31 Å². The third kappa shape index (κ3) is 6.30. The third-order valence-corrected chi connectivity index (χ3v) is 6.48. The number of unbranched alkanes of at least 4 members (excludes halogenated alkanes) is 1. The summed E-state index contributed by atoms with van der Waals surface area (Å²) in [4.78, 5) is 24.8. The first-order valence-corrected chi connectivity index (χ1v) is 10.7. The van der Waals surface area contributed by atoms with Crippen LogP contribution in [0.3, 0.4) is 0 Å². The lowest BCUT2D eigenvalue weighted by molar-refractivity contribution is -0.895. The predicted octanol–water partition coefficient (Wildman–Crippen LogP) is -0.490. The Kier molecular flexibility index (Phi) is 7.76. The molecule has 0 bridgehead atoms. The summed E-state index contributed by atoms with van der Waals surface area (Å²) in [5.41, 5.74) is 1.01. The van der Waals surface area contributed by atoms with Gasteiger partial charge in [-0.3, -0.25) is 10.1 Å². The van der Waals surface area contributed by atoms with Crippen LogP contribution in [0.15, 0.2) is 29.2 Å². The van der Waals surface area contributed by atoms with E-state index in [1.807, 2.05) is 13.8 Å². The molecule has 8 nitrogen and oxygen atoms in total. The Bertz CT molecular complexity index is 741. The zero-order chi connectivity index (χ0) is 19.9. The number of aryl methyl sites for hydroxylation is 1. The molecule has 27 heavy (non-hydrogen) atoms. The molecule has 150 valence electrons. The van der Waals surface area contributed by atoms with Crippen molar-refractivity contribution >= 4 is 22.0 Å². The highest BCUT2D eigenvalue weighted by Crippen LogP contribution is 2.16. The molecule has 0 aromatic heterocycles. The van der Waals surface area contributed by atoms with Crippen LogP contribution in [0.25, 0.3) is 0 Å². The smallest absolute Gasteiger partial charge is 0.321 e. The number of carbonyl (C=O) groups is 2. The van der Waals surface area contributed by atoms with Crippen molar-refractivity contribution in [2.75, 3.05) is 39.3 Å². The van der Waals surface area contributed by atoms with Crippen molar-refractivity contribution in [3.63, 3.8) is 0 Å². The summed E-state index contributed by atoms with van der Waals surface area (Å²) in [5, 5.41) is 4.95. The summed E-state index contributed by atoms with van der Waals surface area (Å²) < 4.78 is 26.8. The normalized spacial score (nSPS) is 16.1. The molecule has 0 unspecified atom stereocenters. The Hall–Kier alpha value is -1.97. The van der Waals surface area contributed by atoms with E-state index in [0.717, 1.165) is 23.3 Å². The van der Waals surface area contributed by atoms with E-state index in [2.05, 4.69) is 10.6 Å². The van der Waals surface area contributed by atoms with Crippen molar-refractivity contribution in [1.82, 2.24) is 14.9 Å². The van der Waals surface area contributed by atoms with Crippen LogP contribution in [-0.2, 0) is 14.8 Å². The van der Waals surface area contributed by atoms with Crippen molar-refractivity contribution in [2.24, 2.45) is 0 Å². The van der Waals surface area contributed by atoms with Crippen LogP contribution in [-0.4, -0.2) is 63.9 Å².